The first-order valence-corrected chi connectivity index (χ1v) is 22.9. The number of nitrogens with zero attached hydrogens (tertiary/aromatic N) is 3. The van der Waals surface area contributed by atoms with Crippen LogP contribution in [0, 0.1) is 23.2 Å². The van der Waals surface area contributed by atoms with Gasteiger partial charge in [0.05, 0.1) is 46.5 Å². The maximum absolute atomic E-state index is 14.1. The van der Waals surface area contributed by atoms with E-state index in [1.54, 1.807) is 6.92 Å². The number of esters is 3. The molecule has 3 heterocycles. The summed E-state index contributed by atoms with van der Waals surface area (Å²) in [6.45, 7) is 14.6. The number of amides is 2. The van der Waals surface area contributed by atoms with Crippen molar-refractivity contribution in [2.75, 3.05) is 19.7 Å². The van der Waals surface area contributed by atoms with Gasteiger partial charge in [-0.25, -0.2) is 14.8 Å². The molecule has 15 heteroatoms. The number of thioether (sulfide) groups is 4. The summed E-state index contributed by atoms with van der Waals surface area (Å²) in [6, 6.07) is 1.98. The smallest absolute Gasteiger partial charge is 0.350 e. The van der Waals surface area contributed by atoms with Crippen LogP contribution in [0.15, 0.2) is 39.2 Å². The third kappa shape index (κ3) is 10.1. The first-order valence-electron chi connectivity index (χ1n) is 19.6. The Morgan fingerprint density at radius 2 is 1.07 bits per heavy atom. The number of rotatable bonds is 20. The van der Waals surface area contributed by atoms with Gasteiger partial charge in [-0.15, -0.1) is 0 Å². The predicted octanol–water partition coefficient (Wildman–Crippen LogP) is 10.0. The fourth-order valence-electron chi connectivity index (χ4n) is 6.22. The SMILES string of the molecule is CCCCC(CC)C(=O)Oc1c2c(c(OC(=O)C(CC)CCCC)c3c1SC(=C1C(=O)N(CCCC)N(CCCC)C1=O)S3)SC(=C(C#N)C(=O)OCC)S2. The first-order chi connectivity index (χ1) is 26.5. The molecule has 3 aliphatic heterocycles. The normalized spacial score (nSPS) is 15.9. The lowest BCUT2D eigenvalue weighted by Crippen LogP contribution is -2.42. The van der Waals surface area contributed by atoms with Gasteiger partial charge in [0, 0.05) is 13.1 Å². The van der Waals surface area contributed by atoms with E-state index in [-0.39, 0.29) is 52.9 Å². The molecular formula is C40H53N3O8S4. The van der Waals surface area contributed by atoms with Gasteiger partial charge >= 0.3 is 17.9 Å². The number of hydrogen-bond donors (Lipinski definition) is 0. The lowest BCUT2D eigenvalue weighted by Gasteiger charge is -2.27. The predicted molar refractivity (Wildman–Crippen MR) is 217 cm³/mol. The van der Waals surface area contributed by atoms with Crippen LogP contribution in [0.2, 0.25) is 0 Å². The number of carbonyl (C=O) groups is 5. The van der Waals surface area contributed by atoms with Crippen LogP contribution in [0.1, 0.15) is 126 Å². The molecule has 0 aromatic heterocycles. The Bertz CT molecular complexity index is 1650. The zero-order valence-corrected chi connectivity index (χ0v) is 36.3. The molecule has 1 aromatic rings. The molecule has 55 heavy (non-hydrogen) atoms. The maximum atomic E-state index is 14.1. The number of nitriles is 1. The molecular weight excluding hydrogens is 779 g/mol. The molecule has 3 aliphatic rings. The maximum Gasteiger partial charge on any atom is 0.350 e. The minimum absolute atomic E-state index is 0.0341. The highest BCUT2D eigenvalue weighted by Gasteiger charge is 2.47. The third-order valence-corrected chi connectivity index (χ3v) is 14.7. The molecule has 4 rings (SSSR count). The summed E-state index contributed by atoms with van der Waals surface area (Å²) in [4.78, 5) is 70.7. The average molecular weight is 832 g/mol. The largest absolute Gasteiger partial charge is 0.462 e. The van der Waals surface area contributed by atoms with Gasteiger partial charge in [0.15, 0.2) is 17.1 Å². The number of benzene rings is 1. The molecule has 300 valence electrons. The summed E-state index contributed by atoms with van der Waals surface area (Å²) in [6.07, 6.45) is 9.04. The van der Waals surface area contributed by atoms with Crippen LogP contribution in [-0.4, -0.2) is 59.4 Å². The Hall–Kier alpha value is -3.06. The van der Waals surface area contributed by atoms with E-state index in [0.717, 1.165) is 98.4 Å². The van der Waals surface area contributed by atoms with E-state index in [2.05, 4.69) is 13.8 Å². The number of fused-ring (bicyclic) bond motifs is 2. The van der Waals surface area contributed by atoms with Crippen molar-refractivity contribution in [2.24, 2.45) is 11.8 Å². The topological polar surface area (TPSA) is 143 Å². The lowest BCUT2D eigenvalue weighted by molar-refractivity contribution is -0.147. The average Bonchev–Trinajstić information content (AvgIpc) is 3.86. The van der Waals surface area contributed by atoms with Crippen LogP contribution in [-0.2, 0) is 28.7 Å². The van der Waals surface area contributed by atoms with Gasteiger partial charge in [0.1, 0.15) is 11.6 Å². The van der Waals surface area contributed by atoms with Crippen molar-refractivity contribution in [2.45, 2.75) is 145 Å². The lowest BCUT2D eigenvalue weighted by atomic mass is 10.00. The number of hydrazine groups is 1. The molecule has 0 aliphatic carbocycles. The van der Waals surface area contributed by atoms with Gasteiger partial charge in [0.2, 0.25) is 0 Å². The van der Waals surface area contributed by atoms with Crippen LogP contribution < -0.4 is 9.47 Å². The molecule has 0 bridgehead atoms. The quantitative estimate of drug-likeness (QED) is 0.0405. The first kappa shape index (κ1) is 44.7. The van der Waals surface area contributed by atoms with Crippen molar-refractivity contribution < 1.29 is 38.2 Å². The Morgan fingerprint density at radius 1 is 0.655 bits per heavy atom. The molecule has 11 nitrogen and oxygen atoms in total. The van der Waals surface area contributed by atoms with E-state index in [0.29, 0.717) is 66.8 Å². The minimum Gasteiger partial charge on any atom is -0.462 e. The second-order valence-corrected chi connectivity index (χ2v) is 18.0. The molecule has 1 aromatic carbocycles. The monoisotopic (exact) mass is 831 g/mol. The Kier molecular flexibility index (Phi) is 17.4. The molecule has 2 atom stereocenters. The van der Waals surface area contributed by atoms with Crippen LogP contribution in [0.3, 0.4) is 0 Å². The molecule has 0 saturated carbocycles. The number of unbranched alkanes of at least 4 members (excludes halogenated alkanes) is 4. The molecule has 0 radical (unpaired) electrons. The van der Waals surface area contributed by atoms with E-state index in [4.69, 9.17) is 14.2 Å². The van der Waals surface area contributed by atoms with E-state index in [1.807, 2.05) is 33.8 Å². The summed E-state index contributed by atoms with van der Waals surface area (Å²) >= 11 is 4.45. The minimum atomic E-state index is -0.789. The molecule has 0 N–H and O–H groups in total. The third-order valence-electron chi connectivity index (χ3n) is 9.52. The highest BCUT2D eigenvalue weighted by atomic mass is 32.2. The van der Waals surface area contributed by atoms with Crippen molar-refractivity contribution in [3.8, 4) is 17.6 Å². The van der Waals surface area contributed by atoms with Crippen molar-refractivity contribution in [3.05, 3.63) is 19.6 Å². The standard InChI is InChI=1S/C40H53N3O8S4/c1-8-15-19-24(12-5)36(46)50-28-30-31(53-39(52-30)26(23-41)38(48)49-14-7)29(51-37(47)25(13-6)20-16-9-2)33-32(28)54-40(55-33)27-34(44)42(21-17-10-3)43(35(27)45)22-18-11-4/h24-25H,8-22H2,1-7H3. The Morgan fingerprint density at radius 3 is 1.44 bits per heavy atom. The van der Waals surface area contributed by atoms with Crippen LogP contribution >= 0.6 is 47.0 Å². The van der Waals surface area contributed by atoms with Crippen molar-refractivity contribution in [1.29, 1.82) is 5.26 Å². The Labute approximate surface area is 342 Å². The van der Waals surface area contributed by atoms with Crippen molar-refractivity contribution in [3.63, 3.8) is 0 Å². The second kappa shape index (κ2) is 21.5. The van der Waals surface area contributed by atoms with Gasteiger partial charge in [-0.2, -0.15) is 5.26 Å². The van der Waals surface area contributed by atoms with Gasteiger partial charge in [-0.1, -0.05) is 127 Å². The van der Waals surface area contributed by atoms with Gasteiger partial charge in [-0.3, -0.25) is 19.2 Å². The number of carbonyl (C=O) groups excluding carboxylic acids is 5. The van der Waals surface area contributed by atoms with Gasteiger partial charge < -0.3 is 14.2 Å². The Balaban J connectivity index is 1.96. The summed E-state index contributed by atoms with van der Waals surface area (Å²) in [5.41, 5.74) is -0.178. The fourth-order valence-corrected chi connectivity index (χ4v) is 11.6. The zero-order valence-electron chi connectivity index (χ0n) is 33.0. The number of hydrogen-bond acceptors (Lipinski definition) is 13. The molecule has 0 spiro atoms. The summed E-state index contributed by atoms with van der Waals surface area (Å²) in [5.74, 6) is -2.82. The zero-order chi connectivity index (χ0) is 40.2. The van der Waals surface area contributed by atoms with Gasteiger partial charge in [0.25, 0.3) is 11.8 Å². The van der Waals surface area contributed by atoms with E-state index in [1.165, 1.54) is 10.0 Å². The van der Waals surface area contributed by atoms with E-state index < -0.39 is 17.9 Å². The van der Waals surface area contributed by atoms with Crippen molar-refractivity contribution in [1.82, 2.24) is 10.0 Å². The summed E-state index contributed by atoms with van der Waals surface area (Å²) < 4.78 is 18.6. The molecule has 2 unspecified atom stereocenters. The van der Waals surface area contributed by atoms with Gasteiger partial charge in [-0.05, 0) is 45.4 Å². The summed E-state index contributed by atoms with van der Waals surface area (Å²) in [7, 11) is 0. The second-order valence-electron chi connectivity index (χ2n) is 13.4. The number of ether oxygens (including phenoxy) is 3. The fraction of sp³-hybridized carbons (Fsp3) is 0.600. The van der Waals surface area contributed by atoms with Crippen LogP contribution in [0.5, 0.6) is 11.5 Å². The molecule has 1 saturated heterocycles. The van der Waals surface area contributed by atoms with Crippen LogP contribution in [0.25, 0.3) is 0 Å². The molecule has 2 amide bonds. The summed E-state index contributed by atoms with van der Waals surface area (Å²) in [5, 5.41) is 13.2. The molecule has 1 fully saturated rings. The highest BCUT2D eigenvalue weighted by Crippen LogP contribution is 2.69. The van der Waals surface area contributed by atoms with E-state index in [9.17, 15) is 29.2 Å². The van der Waals surface area contributed by atoms with Crippen LogP contribution in [0.4, 0.5) is 0 Å². The highest BCUT2D eigenvalue weighted by molar-refractivity contribution is 8.26. The van der Waals surface area contributed by atoms with Crippen molar-refractivity contribution >= 4 is 76.8 Å². The van der Waals surface area contributed by atoms with E-state index >= 15 is 0 Å².